The van der Waals surface area contributed by atoms with Crippen LogP contribution in [-0.2, 0) is 16.6 Å². The van der Waals surface area contributed by atoms with Gasteiger partial charge in [-0.05, 0) is 12.1 Å². The molecule has 0 saturated carbocycles. The van der Waals surface area contributed by atoms with Crippen molar-refractivity contribution in [3.8, 4) is 0 Å². The molecule has 0 amide bonds. The van der Waals surface area contributed by atoms with E-state index in [4.69, 9.17) is 5.11 Å². The summed E-state index contributed by atoms with van der Waals surface area (Å²) in [5.41, 5.74) is -0.935. The first-order valence-electron chi connectivity index (χ1n) is 4.72. The van der Waals surface area contributed by atoms with Crippen molar-refractivity contribution in [1.82, 2.24) is 4.72 Å². The van der Waals surface area contributed by atoms with Crippen LogP contribution in [-0.4, -0.2) is 26.2 Å². The molecular weight excluding hydrogens is 297 g/mol. The standard InChI is InChI=1S/C9H8F5NO3S/c10-6-1-2-7(8(11)5(6)3-16)19(17,18)15-4-9(12,13)14/h1-2,15-16H,3-4H2. The van der Waals surface area contributed by atoms with Gasteiger partial charge in [-0.3, -0.25) is 0 Å². The number of alkyl halides is 3. The van der Waals surface area contributed by atoms with Gasteiger partial charge in [0.2, 0.25) is 10.0 Å². The molecule has 0 unspecified atom stereocenters. The van der Waals surface area contributed by atoms with Crippen LogP contribution in [0.25, 0.3) is 0 Å². The van der Waals surface area contributed by atoms with E-state index in [0.717, 1.165) is 4.72 Å². The highest BCUT2D eigenvalue weighted by atomic mass is 32.2. The number of halogens is 5. The van der Waals surface area contributed by atoms with Crippen molar-refractivity contribution in [2.75, 3.05) is 6.54 Å². The average Bonchev–Trinajstić information content (AvgIpc) is 2.26. The lowest BCUT2D eigenvalue weighted by Gasteiger charge is -2.11. The van der Waals surface area contributed by atoms with Crippen LogP contribution in [0, 0.1) is 11.6 Å². The Morgan fingerprint density at radius 3 is 2.26 bits per heavy atom. The molecule has 1 aromatic rings. The summed E-state index contributed by atoms with van der Waals surface area (Å²) in [6.45, 7) is -3.01. The molecule has 2 N–H and O–H groups in total. The van der Waals surface area contributed by atoms with Crippen molar-refractivity contribution in [1.29, 1.82) is 0 Å². The fraction of sp³-hybridized carbons (Fsp3) is 0.333. The summed E-state index contributed by atoms with van der Waals surface area (Å²) < 4.78 is 86.2. The lowest BCUT2D eigenvalue weighted by atomic mass is 10.2. The number of rotatable bonds is 4. The Balaban J connectivity index is 3.16. The number of hydrogen-bond donors (Lipinski definition) is 2. The quantitative estimate of drug-likeness (QED) is 0.824. The third kappa shape index (κ3) is 3.85. The highest BCUT2D eigenvalue weighted by Gasteiger charge is 2.31. The lowest BCUT2D eigenvalue weighted by molar-refractivity contribution is -0.121. The van der Waals surface area contributed by atoms with Crippen LogP contribution in [0.5, 0.6) is 0 Å². The van der Waals surface area contributed by atoms with Gasteiger partial charge in [0.15, 0.2) is 5.82 Å². The molecular formula is C9H8F5NO3S. The summed E-state index contributed by atoms with van der Waals surface area (Å²) in [4.78, 5) is -1.16. The van der Waals surface area contributed by atoms with E-state index in [1.807, 2.05) is 0 Å². The largest absolute Gasteiger partial charge is 0.402 e. The van der Waals surface area contributed by atoms with Crippen LogP contribution >= 0.6 is 0 Å². The maximum absolute atomic E-state index is 13.5. The normalized spacial score (nSPS) is 12.7. The molecule has 4 nitrogen and oxygen atoms in total. The fourth-order valence-corrected chi connectivity index (χ4v) is 2.30. The smallest absolute Gasteiger partial charge is 0.391 e. The van der Waals surface area contributed by atoms with Gasteiger partial charge in [0.25, 0.3) is 0 Å². The summed E-state index contributed by atoms with van der Waals surface area (Å²) in [6.07, 6.45) is -4.82. The number of sulfonamides is 1. The molecule has 1 rings (SSSR count). The molecule has 1 aromatic carbocycles. The minimum absolute atomic E-state index is 0.475. The molecule has 0 bridgehead atoms. The first kappa shape index (κ1) is 15.8. The third-order valence-corrected chi connectivity index (χ3v) is 3.48. The summed E-state index contributed by atoms with van der Waals surface area (Å²) >= 11 is 0. The minimum Gasteiger partial charge on any atom is -0.391 e. The van der Waals surface area contributed by atoms with Crippen molar-refractivity contribution in [3.05, 3.63) is 29.3 Å². The van der Waals surface area contributed by atoms with Crippen molar-refractivity contribution in [3.63, 3.8) is 0 Å². The molecule has 0 radical (unpaired) electrons. The molecule has 108 valence electrons. The van der Waals surface area contributed by atoms with Crippen molar-refractivity contribution in [2.45, 2.75) is 17.7 Å². The van der Waals surface area contributed by atoms with Crippen molar-refractivity contribution in [2.24, 2.45) is 0 Å². The second kappa shape index (κ2) is 5.39. The maximum atomic E-state index is 13.5. The Morgan fingerprint density at radius 1 is 1.21 bits per heavy atom. The summed E-state index contributed by atoms with van der Waals surface area (Å²) in [7, 11) is -4.80. The van der Waals surface area contributed by atoms with Crippen LogP contribution in [0.1, 0.15) is 5.56 Å². The molecule has 0 aromatic heterocycles. The number of aliphatic hydroxyl groups excluding tert-OH is 1. The molecule has 0 saturated heterocycles. The number of nitrogens with one attached hydrogen (secondary N) is 1. The zero-order valence-electron chi connectivity index (χ0n) is 9.13. The van der Waals surface area contributed by atoms with E-state index in [9.17, 15) is 30.4 Å². The number of benzene rings is 1. The number of hydrogen-bond acceptors (Lipinski definition) is 3. The fourth-order valence-electron chi connectivity index (χ4n) is 1.18. The van der Waals surface area contributed by atoms with Crippen LogP contribution in [0.2, 0.25) is 0 Å². The summed E-state index contributed by atoms with van der Waals surface area (Å²) in [6, 6.07) is 1.01. The van der Waals surface area contributed by atoms with Crippen molar-refractivity contribution < 1.29 is 35.5 Å². The van der Waals surface area contributed by atoms with Gasteiger partial charge in [-0.25, -0.2) is 21.9 Å². The number of aliphatic hydroxyl groups is 1. The Kier molecular flexibility index (Phi) is 4.48. The maximum Gasteiger partial charge on any atom is 0.402 e. The predicted octanol–water partition coefficient (Wildman–Crippen LogP) is 1.30. The Hall–Kier alpha value is -1.26. The molecule has 0 aliphatic heterocycles. The van der Waals surface area contributed by atoms with Gasteiger partial charge in [-0.2, -0.15) is 13.2 Å². The first-order valence-corrected chi connectivity index (χ1v) is 6.21. The zero-order valence-corrected chi connectivity index (χ0v) is 9.95. The van der Waals surface area contributed by atoms with Gasteiger partial charge in [-0.1, -0.05) is 0 Å². The van der Waals surface area contributed by atoms with Gasteiger partial charge < -0.3 is 5.11 Å². The minimum atomic E-state index is -4.82. The van der Waals surface area contributed by atoms with E-state index < -0.39 is 51.4 Å². The third-order valence-electron chi connectivity index (χ3n) is 2.06. The second-order valence-electron chi connectivity index (χ2n) is 3.44. The van der Waals surface area contributed by atoms with E-state index >= 15 is 0 Å². The van der Waals surface area contributed by atoms with Gasteiger partial charge in [0.05, 0.1) is 12.2 Å². The second-order valence-corrected chi connectivity index (χ2v) is 5.17. The molecule has 19 heavy (non-hydrogen) atoms. The monoisotopic (exact) mass is 305 g/mol. The highest BCUT2D eigenvalue weighted by Crippen LogP contribution is 2.22. The molecule has 10 heteroatoms. The molecule has 0 atom stereocenters. The molecule has 0 aliphatic carbocycles. The van der Waals surface area contributed by atoms with Gasteiger partial charge in [0.1, 0.15) is 17.3 Å². The molecule has 0 aliphatic rings. The van der Waals surface area contributed by atoms with Crippen LogP contribution in [0.4, 0.5) is 22.0 Å². The average molecular weight is 305 g/mol. The Labute approximate surface area is 104 Å². The highest BCUT2D eigenvalue weighted by molar-refractivity contribution is 7.89. The van der Waals surface area contributed by atoms with Gasteiger partial charge >= 0.3 is 6.18 Å². The lowest BCUT2D eigenvalue weighted by Crippen LogP contribution is -2.34. The van der Waals surface area contributed by atoms with E-state index in [0.29, 0.717) is 12.1 Å². The molecule has 0 heterocycles. The van der Waals surface area contributed by atoms with Crippen molar-refractivity contribution >= 4 is 10.0 Å². The summed E-state index contributed by atoms with van der Waals surface area (Å²) in [5.74, 6) is -2.83. The van der Waals surface area contributed by atoms with Gasteiger partial charge in [0, 0.05) is 0 Å². The van der Waals surface area contributed by atoms with Crippen LogP contribution in [0.3, 0.4) is 0 Å². The van der Waals surface area contributed by atoms with Crippen LogP contribution < -0.4 is 4.72 Å². The molecule has 0 fully saturated rings. The SMILES string of the molecule is O=S(=O)(NCC(F)(F)F)c1ccc(F)c(CO)c1F. The van der Waals surface area contributed by atoms with Crippen LogP contribution in [0.15, 0.2) is 17.0 Å². The Morgan fingerprint density at radius 2 is 1.79 bits per heavy atom. The molecule has 0 spiro atoms. The van der Waals surface area contributed by atoms with E-state index in [1.165, 1.54) is 0 Å². The first-order chi connectivity index (χ1) is 8.58. The Bertz CT molecular complexity index is 570. The predicted molar refractivity (Wildman–Crippen MR) is 53.5 cm³/mol. The van der Waals surface area contributed by atoms with E-state index in [2.05, 4.69) is 0 Å². The zero-order chi connectivity index (χ0) is 14.8. The van der Waals surface area contributed by atoms with E-state index in [-0.39, 0.29) is 0 Å². The van der Waals surface area contributed by atoms with Gasteiger partial charge in [-0.15, -0.1) is 0 Å². The summed E-state index contributed by atoms with van der Waals surface area (Å²) in [5, 5.41) is 8.67. The van der Waals surface area contributed by atoms with E-state index in [1.54, 1.807) is 0 Å². The topological polar surface area (TPSA) is 66.4 Å².